The molecule has 2 N–H and O–H groups in total. The van der Waals surface area contributed by atoms with Crippen molar-refractivity contribution in [3.05, 3.63) is 76.3 Å². The van der Waals surface area contributed by atoms with Gasteiger partial charge in [0.25, 0.3) is 11.8 Å². The number of benzene rings is 2. The molecule has 0 aliphatic carbocycles. The van der Waals surface area contributed by atoms with Crippen LogP contribution in [0.3, 0.4) is 0 Å². The number of nitrogens with one attached hydrogen (secondary N) is 2. The van der Waals surface area contributed by atoms with Crippen molar-refractivity contribution in [3.63, 3.8) is 0 Å². The molecular formula is C25H23N5O4S. The Kier molecular flexibility index (Phi) is 6.04. The van der Waals surface area contributed by atoms with Gasteiger partial charge in [0.15, 0.2) is 5.13 Å². The van der Waals surface area contributed by atoms with Crippen molar-refractivity contribution in [1.29, 1.82) is 0 Å². The quantitative estimate of drug-likeness (QED) is 0.530. The number of aromatic nitrogens is 1. The monoisotopic (exact) mass is 489 g/mol. The zero-order valence-electron chi connectivity index (χ0n) is 19.0. The van der Waals surface area contributed by atoms with Crippen LogP contribution in [-0.4, -0.2) is 47.1 Å². The molecule has 35 heavy (non-hydrogen) atoms. The maximum atomic E-state index is 13.4. The van der Waals surface area contributed by atoms with E-state index in [1.807, 2.05) is 24.3 Å². The number of hydrogen-bond acceptors (Lipinski definition) is 6. The van der Waals surface area contributed by atoms with E-state index in [1.54, 1.807) is 46.5 Å². The second kappa shape index (κ2) is 9.30. The molecule has 0 saturated carbocycles. The van der Waals surface area contributed by atoms with Crippen molar-refractivity contribution in [2.24, 2.45) is 0 Å². The lowest BCUT2D eigenvalue weighted by atomic mass is 10.0. The van der Waals surface area contributed by atoms with Crippen molar-refractivity contribution in [2.75, 3.05) is 23.8 Å². The Balaban J connectivity index is 1.29. The van der Waals surface area contributed by atoms with Gasteiger partial charge in [-0.15, -0.1) is 11.3 Å². The topological polar surface area (TPSA) is 112 Å². The molecule has 1 unspecified atom stereocenters. The van der Waals surface area contributed by atoms with Gasteiger partial charge in [-0.2, -0.15) is 0 Å². The highest BCUT2D eigenvalue weighted by molar-refractivity contribution is 7.13. The molecule has 5 rings (SSSR count). The van der Waals surface area contributed by atoms with Crippen LogP contribution >= 0.6 is 11.3 Å². The van der Waals surface area contributed by atoms with E-state index in [4.69, 9.17) is 0 Å². The molecule has 0 spiro atoms. The van der Waals surface area contributed by atoms with Gasteiger partial charge in [-0.3, -0.25) is 24.1 Å². The number of para-hydroxylation sites is 1. The lowest BCUT2D eigenvalue weighted by Crippen LogP contribution is -2.48. The van der Waals surface area contributed by atoms with Gasteiger partial charge in [-0.25, -0.2) is 4.98 Å². The highest BCUT2D eigenvalue weighted by atomic mass is 32.1. The minimum Gasteiger partial charge on any atom is -0.359 e. The Labute approximate surface area is 205 Å². The van der Waals surface area contributed by atoms with E-state index in [-0.39, 0.29) is 36.5 Å². The largest absolute Gasteiger partial charge is 0.359 e. The first-order chi connectivity index (χ1) is 17.0. The van der Waals surface area contributed by atoms with Crippen LogP contribution in [-0.2, 0) is 16.0 Å². The molecule has 0 radical (unpaired) electrons. The summed E-state index contributed by atoms with van der Waals surface area (Å²) in [4.78, 5) is 58.2. The van der Waals surface area contributed by atoms with Gasteiger partial charge in [0.1, 0.15) is 6.17 Å². The minimum atomic E-state index is -0.532. The molecule has 0 fully saturated rings. The predicted octanol–water partition coefficient (Wildman–Crippen LogP) is 2.97. The van der Waals surface area contributed by atoms with E-state index < -0.39 is 6.17 Å². The number of rotatable bonds is 7. The van der Waals surface area contributed by atoms with Gasteiger partial charge in [-0.05, 0) is 24.6 Å². The van der Waals surface area contributed by atoms with Crippen LogP contribution in [0.15, 0.2) is 53.9 Å². The standard InChI is InChI=1S/C25H23N5O4S/c1-26-21(32)13-15-14-35-25(27-15)28-20(31)11-6-12-29-22-16-7-2-3-8-17(16)24(34)30(22)19-10-5-4-9-18(19)23(29)33/h2-5,7-10,14,22H,6,11-13H2,1H3,(H,26,32)(H,27,28,31). The second-order valence-corrected chi connectivity index (χ2v) is 9.16. The number of carbonyl (C=O) groups is 4. The Morgan fingerprint density at radius 2 is 1.74 bits per heavy atom. The van der Waals surface area contributed by atoms with Crippen LogP contribution < -0.4 is 15.5 Å². The van der Waals surface area contributed by atoms with Gasteiger partial charge in [0, 0.05) is 36.5 Å². The van der Waals surface area contributed by atoms with Crippen molar-refractivity contribution in [1.82, 2.24) is 15.2 Å². The smallest absolute Gasteiger partial charge is 0.260 e. The van der Waals surface area contributed by atoms with Crippen molar-refractivity contribution in [3.8, 4) is 0 Å². The molecule has 0 bridgehead atoms. The predicted molar refractivity (Wildman–Crippen MR) is 131 cm³/mol. The molecule has 3 aromatic rings. The maximum Gasteiger partial charge on any atom is 0.260 e. The molecule has 2 aliphatic rings. The fraction of sp³-hybridized carbons (Fsp3) is 0.240. The third-order valence-corrected chi connectivity index (χ3v) is 6.91. The van der Waals surface area contributed by atoms with E-state index in [0.29, 0.717) is 40.6 Å². The highest BCUT2D eigenvalue weighted by Gasteiger charge is 2.47. The Bertz CT molecular complexity index is 1340. The normalized spacial score (nSPS) is 16.0. The average molecular weight is 490 g/mol. The van der Waals surface area contributed by atoms with Crippen LogP contribution in [0.2, 0.25) is 0 Å². The molecule has 2 aromatic carbocycles. The number of hydrogen-bond donors (Lipinski definition) is 2. The summed E-state index contributed by atoms with van der Waals surface area (Å²) in [5.74, 6) is -0.674. The summed E-state index contributed by atoms with van der Waals surface area (Å²) in [7, 11) is 1.56. The summed E-state index contributed by atoms with van der Waals surface area (Å²) < 4.78 is 0. The van der Waals surface area contributed by atoms with E-state index in [2.05, 4.69) is 15.6 Å². The summed E-state index contributed by atoms with van der Waals surface area (Å²) in [6.45, 7) is 0.309. The molecule has 1 aromatic heterocycles. The van der Waals surface area contributed by atoms with Crippen molar-refractivity contribution < 1.29 is 19.2 Å². The van der Waals surface area contributed by atoms with E-state index >= 15 is 0 Å². The zero-order chi connectivity index (χ0) is 24.5. The lowest BCUT2D eigenvalue weighted by Gasteiger charge is -2.41. The summed E-state index contributed by atoms with van der Waals surface area (Å²) in [6.07, 6.45) is 0.213. The fourth-order valence-corrected chi connectivity index (χ4v) is 5.22. The molecule has 2 aliphatic heterocycles. The first kappa shape index (κ1) is 22.7. The Morgan fingerprint density at radius 3 is 2.54 bits per heavy atom. The van der Waals surface area contributed by atoms with Gasteiger partial charge >= 0.3 is 0 Å². The number of likely N-dealkylation sites (N-methyl/N-ethyl adjacent to an activating group) is 1. The molecular weight excluding hydrogens is 466 g/mol. The number of thiazole rings is 1. The molecule has 1 atom stereocenters. The van der Waals surface area contributed by atoms with E-state index in [0.717, 1.165) is 5.56 Å². The lowest BCUT2D eigenvalue weighted by molar-refractivity contribution is -0.120. The van der Waals surface area contributed by atoms with E-state index in [1.165, 1.54) is 11.3 Å². The number of amides is 4. The SMILES string of the molecule is CNC(=O)Cc1csc(NC(=O)CCCN2C(=O)c3ccccc3N3C(=O)c4ccccc4C23)n1. The number of fused-ring (bicyclic) bond motifs is 5. The van der Waals surface area contributed by atoms with Crippen LogP contribution in [0.1, 0.15) is 51.0 Å². The number of carbonyl (C=O) groups excluding carboxylic acids is 4. The second-order valence-electron chi connectivity index (χ2n) is 8.30. The maximum absolute atomic E-state index is 13.4. The fourth-order valence-electron chi connectivity index (χ4n) is 4.49. The van der Waals surface area contributed by atoms with Gasteiger partial charge < -0.3 is 15.5 Å². The first-order valence-corrected chi connectivity index (χ1v) is 12.1. The Morgan fingerprint density at radius 1 is 1.00 bits per heavy atom. The van der Waals surface area contributed by atoms with Gasteiger partial charge in [-0.1, -0.05) is 30.3 Å². The van der Waals surface area contributed by atoms with Crippen molar-refractivity contribution >= 4 is 45.8 Å². The first-order valence-electron chi connectivity index (χ1n) is 11.2. The average Bonchev–Trinajstić information content (AvgIpc) is 3.43. The van der Waals surface area contributed by atoms with E-state index in [9.17, 15) is 19.2 Å². The third kappa shape index (κ3) is 4.17. The zero-order valence-corrected chi connectivity index (χ0v) is 19.8. The Hall–Kier alpha value is -4.05. The summed E-state index contributed by atoms with van der Waals surface area (Å²) >= 11 is 1.26. The molecule has 0 saturated heterocycles. The van der Waals surface area contributed by atoms with Crippen LogP contribution in [0, 0.1) is 0 Å². The van der Waals surface area contributed by atoms with Crippen LogP contribution in [0.5, 0.6) is 0 Å². The number of nitrogens with zero attached hydrogens (tertiary/aromatic N) is 3. The molecule has 4 amide bonds. The summed E-state index contributed by atoms with van der Waals surface area (Å²) in [6, 6.07) is 14.4. The molecule has 178 valence electrons. The van der Waals surface area contributed by atoms with Gasteiger partial charge in [0.05, 0.1) is 23.4 Å². The van der Waals surface area contributed by atoms with Crippen molar-refractivity contribution in [2.45, 2.75) is 25.4 Å². The van der Waals surface area contributed by atoms with Gasteiger partial charge in [0.2, 0.25) is 11.8 Å². The van der Waals surface area contributed by atoms with Crippen LogP contribution in [0.4, 0.5) is 10.8 Å². The molecule has 9 nitrogen and oxygen atoms in total. The highest BCUT2D eigenvalue weighted by Crippen LogP contribution is 2.45. The summed E-state index contributed by atoms with van der Waals surface area (Å²) in [5, 5.41) is 7.46. The summed E-state index contributed by atoms with van der Waals surface area (Å²) in [5.41, 5.74) is 3.04. The minimum absolute atomic E-state index is 0.135. The molecule has 10 heteroatoms. The van der Waals surface area contributed by atoms with Crippen LogP contribution in [0.25, 0.3) is 0 Å². The molecule has 3 heterocycles. The number of anilines is 2. The third-order valence-electron chi connectivity index (χ3n) is 6.10.